The topological polar surface area (TPSA) is 132 Å². The van der Waals surface area contributed by atoms with E-state index in [9.17, 15) is 9.59 Å². The fourth-order valence-corrected chi connectivity index (χ4v) is 3.27. The predicted octanol–water partition coefficient (Wildman–Crippen LogP) is 3.00. The number of carbonyl (C=O) groups excluding carboxylic acids is 2. The lowest BCUT2D eigenvalue weighted by molar-refractivity contribution is -0.122. The number of carbonyl (C=O) groups is 2. The number of amides is 2. The van der Waals surface area contributed by atoms with Gasteiger partial charge in [0.15, 0.2) is 0 Å². The first kappa shape index (κ1) is 42.6. The van der Waals surface area contributed by atoms with E-state index in [0.717, 1.165) is 6.42 Å². The van der Waals surface area contributed by atoms with Crippen LogP contribution in [0.25, 0.3) is 0 Å². The molecule has 0 aromatic rings. The summed E-state index contributed by atoms with van der Waals surface area (Å²) < 4.78 is 43.8. The molecule has 0 bridgehead atoms. The number of nitrogens with one attached hydrogen (secondary N) is 2. The number of rotatable bonds is 31. The second kappa shape index (κ2) is 29.1. The summed E-state index contributed by atoms with van der Waals surface area (Å²) in [4.78, 5) is 23.5. The molecular weight excluding hydrogens is 572 g/mol. The van der Waals surface area contributed by atoms with E-state index in [4.69, 9.17) is 37.9 Å². The molecule has 0 saturated carbocycles. The van der Waals surface area contributed by atoms with Crippen LogP contribution in [0, 0.1) is 10.8 Å². The van der Waals surface area contributed by atoms with Gasteiger partial charge >= 0.3 is 0 Å². The quantitative estimate of drug-likeness (QED) is 0.110. The van der Waals surface area contributed by atoms with E-state index in [1.54, 1.807) is 0 Å². The van der Waals surface area contributed by atoms with Crippen LogP contribution in [0.3, 0.4) is 0 Å². The van der Waals surface area contributed by atoms with Crippen molar-refractivity contribution >= 4 is 11.8 Å². The van der Waals surface area contributed by atoms with Crippen molar-refractivity contribution < 1.29 is 47.5 Å². The highest BCUT2D eigenvalue weighted by molar-refractivity contribution is 5.76. The van der Waals surface area contributed by atoms with Gasteiger partial charge < -0.3 is 48.5 Å². The van der Waals surface area contributed by atoms with E-state index in [2.05, 4.69) is 52.2 Å². The fraction of sp³-hybridized carbons (Fsp3) is 0.938. The van der Waals surface area contributed by atoms with E-state index in [-0.39, 0.29) is 22.6 Å². The summed E-state index contributed by atoms with van der Waals surface area (Å²) in [5, 5.41) is 5.80. The normalized spacial score (nSPS) is 12.0. The lowest BCUT2D eigenvalue weighted by Crippen LogP contribution is -2.32. The van der Waals surface area contributed by atoms with Crippen molar-refractivity contribution in [2.24, 2.45) is 10.8 Å². The highest BCUT2D eigenvalue weighted by Crippen LogP contribution is 2.20. The first-order chi connectivity index (χ1) is 21.0. The molecule has 0 fully saturated rings. The maximum absolute atomic E-state index is 11.7. The van der Waals surface area contributed by atoms with Crippen LogP contribution >= 0.6 is 0 Å². The van der Waals surface area contributed by atoms with E-state index >= 15 is 0 Å². The Kier molecular flexibility index (Phi) is 28.1. The number of hydrogen-bond donors (Lipinski definition) is 2. The minimum atomic E-state index is 0.0679. The third-order valence-corrected chi connectivity index (χ3v) is 5.78. The van der Waals surface area contributed by atoms with Gasteiger partial charge in [-0.15, -0.1) is 0 Å². The van der Waals surface area contributed by atoms with Crippen LogP contribution in [0.1, 0.15) is 67.2 Å². The largest absolute Gasteiger partial charge is 0.379 e. The third kappa shape index (κ3) is 36.8. The molecule has 0 unspecified atom stereocenters. The molecule has 44 heavy (non-hydrogen) atoms. The first-order valence-corrected chi connectivity index (χ1v) is 16.1. The van der Waals surface area contributed by atoms with E-state index in [0.29, 0.717) is 138 Å². The maximum Gasteiger partial charge on any atom is 0.220 e. The van der Waals surface area contributed by atoms with Crippen LogP contribution in [0.15, 0.2) is 0 Å². The van der Waals surface area contributed by atoms with E-state index in [1.807, 2.05) is 0 Å². The Morgan fingerprint density at radius 2 is 0.773 bits per heavy atom. The second-order valence-corrected chi connectivity index (χ2v) is 12.8. The molecule has 0 heterocycles. The highest BCUT2D eigenvalue weighted by Gasteiger charge is 2.13. The van der Waals surface area contributed by atoms with Gasteiger partial charge in [-0.05, 0) is 23.7 Å². The van der Waals surface area contributed by atoms with Gasteiger partial charge in [-0.1, -0.05) is 41.5 Å². The van der Waals surface area contributed by atoms with Crippen molar-refractivity contribution in [1.82, 2.24) is 10.6 Å². The van der Waals surface area contributed by atoms with E-state index < -0.39 is 0 Å². The molecule has 0 atom stereocenters. The molecule has 12 heteroatoms. The summed E-state index contributed by atoms with van der Waals surface area (Å²) in [6.45, 7) is 21.8. The van der Waals surface area contributed by atoms with Crippen molar-refractivity contribution in [3.8, 4) is 0 Å². The minimum absolute atomic E-state index is 0.0679. The zero-order valence-corrected chi connectivity index (χ0v) is 28.6. The van der Waals surface area contributed by atoms with Gasteiger partial charge in [-0.25, -0.2) is 0 Å². The van der Waals surface area contributed by atoms with Crippen LogP contribution in [-0.2, 0) is 47.5 Å². The van der Waals surface area contributed by atoms with Gasteiger partial charge in [0.2, 0.25) is 11.8 Å². The molecular formula is C32H64N2O10. The van der Waals surface area contributed by atoms with Gasteiger partial charge in [0.05, 0.1) is 99.1 Å². The summed E-state index contributed by atoms with van der Waals surface area (Å²) in [6, 6.07) is 0. The summed E-state index contributed by atoms with van der Waals surface area (Å²) in [5.74, 6) is 0.136. The Balaban J connectivity index is 3.17. The smallest absolute Gasteiger partial charge is 0.220 e. The zero-order chi connectivity index (χ0) is 32.8. The molecule has 2 amide bonds. The first-order valence-electron chi connectivity index (χ1n) is 16.1. The minimum Gasteiger partial charge on any atom is -0.379 e. The molecule has 12 nitrogen and oxygen atoms in total. The van der Waals surface area contributed by atoms with Gasteiger partial charge in [0, 0.05) is 32.5 Å². The third-order valence-electron chi connectivity index (χ3n) is 5.78. The lowest BCUT2D eigenvalue weighted by atomic mass is 9.90. The van der Waals surface area contributed by atoms with Gasteiger partial charge in [0.25, 0.3) is 0 Å². The lowest BCUT2D eigenvalue weighted by Gasteiger charge is -2.18. The van der Waals surface area contributed by atoms with Gasteiger partial charge in [0.1, 0.15) is 0 Å². The summed E-state index contributed by atoms with van der Waals surface area (Å²) >= 11 is 0. The standard InChI is InChI=1S/C32H64N2O10/c1-31(2,3)10-9-30(36)33-11-13-38-15-17-40-19-21-42-23-25-44-27-26-43-24-22-41-20-18-39-16-14-37-12-7-8-29(35)34-28-32(4,5)6/h7-28H2,1-6H3,(H,33,36)(H,34,35). The average Bonchev–Trinajstić information content (AvgIpc) is 2.95. The average molecular weight is 637 g/mol. The van der Waals surface area contributed by atoms with Crippen LogP contribution in [-0.4, -0.2) is 131 Å². The molecule has 0 aromatic carbocycles. The van der Waals surface area contributed by atoms with Gasteiger partial charge in [-0.3, -0.25) is 9.59 Å². The Hall–Kier alpha value is -1.38. The Morgan fingerprint density at radius 1 is 0.432 bits per heavy atom. The molecule has 0 spiro atoms. The van der Waals surface area contributed by atoms with Crippen LogP contribution in [0.5, 0.6) is 0 Å². The monoisotopic (exact) mass is 636 g/mol. The molecule has 262 valence electrons. The highest BCUT2D eigenvalue weighted by atomic mass is 16.6. The van der Waals surface area contributed by atoms with Gasteiger partial charge in [-0.2, -0.15) is 0 Å². The Morgan fingerprint density at radius 3 is 1.14 bits per heavy atom. The SMILES string of the molecule is CC(C)(C)CCC(=O)NCCOCCOCCOCCOCCOCCOCCOCCOCCCC(=O)NCC(C)(C)C. The van der Waals surface area contributed by atoms with Crippen molar-refractivity contribution in [2.45, 2.75) is 67.2 Å². The molecule has 0 radical (unpaired) electrons. The maximum atomic E-state index is 11.7. The number of hydrogen-bond acceptors (Lipinski definition) is 10. The zero-order valence-electron chi connectivity index (χ0n) is 28.6. The van der Waals surface area contributed by atoms with Crippen molar-refractivity contribution in [1.29, 1.82) is 0 Å². The molecule has 0 aromatic heterocycles. The molecule has 0 aliphatic rings. The van der Waals surface area contributed by atoms with Crippen LogP contribution in [0.2, 0.25) is 0 Å². The predicted molar refractivity (Wildman–Crippen MR) is 170 cm³/mol. The van der Waals surface area contributed by atoms with Crippen molar-refractivity contribution in [3.63, 3.8) is 0 Å². The summed E-state index contributed by atoms with van der Waals surface area (Å²) in [5.41, 5.74) is 0.261. The molecule has 0 rings (SSSR count). The van der Waals surface area contributed by atoms with E-state index in [1.165, 1.54) is 0 Å². The Bertz CT molecular complexity index is 612. The summed E-state index contributed by atoms with van der Waals surface area (Å²) in [7, 11) is 0. The fourth-order valence-electron chi connectivity index (χ4n) is 3.27. The van der Waals surface area contributed by atoms with Crippen LogP contribution < -0.4 is 10.6 Å². The van der Waals surface area contributed by atoms with Crippen molar-refractivity contribution in [2.75, 3.05) is 119 Å². The molecule has 2 N–H and O–H groups in total. The molecule has 0 saturated heterocycles. The second-order valence-electron chi connectivity index (χ2n) is 12.8. The Labute approximate surface area is 266 Å². The molecule has 0 aliphatic carbocycles. The van der Waals surface area contributed by atoms with Crippen LogP contribution in [0.4, 0.5) is 0 Å². The summed E-state index contributed by atoms with van der Waals surface area (Å²) in [6.07, 6.45) is 2.59. The number of ether oxygens (including phenoxy) is 8. The molecule has 0 aliphatic heterocycles. The van der Waals surface area contributed by atoms with Crippen molar-refractivity contribution in [3.05, 3.63) is 0 Å².